The molecule has 0 aliphatic carbocycles. The summed E-state index contributed by atoms with van der Waals surface area (Å²) < 4.78 is 26.3. The molecule has 1 atom stereocenters. The van der Waals surface area contributed by atoms with Gasteiger partial charge < -0.3 is 11.1 Å². The van der Waals surface area contributed by atoms with E-state index in [9.17, 15) is 13.2 Å². The Kier molecular flexibility index (Phi) is 4.42. The molecule has 0 bridgehead atoms. The van der Waals surface area contributed by atoms with Crippen molar-refractivity contribution >= 4 is 15.9 Å². The number of carbonyl (C=O) groups excluding carboxylic acids is 1. The molecule has 2 rings (SSSR count). The minimum atomic E-state index is -3.48. The molecule has 0 radical (unpaired) electrons. The van der Waals surface area contributed by atoms with Gasteiger partial charge in [0.1, 0.15) is 0 Å². The Morgan fingerprint density at radius 3 is 2.55 bits per heavy atom. The summed E-state index contributed by atoms with van der Waals surface area (Å²) in [4.78, 5) is 11.6. The van der Waals surface area contributed by atoms with Gasteiger partial charge in [-0.1, -0.05) is 0 Å². The molecule has 0 saturated carbocycles. The molecule has 1 aromatic rings. The third kappa shape index (κ3) is 2.84. The maximum absolute atomic E-state index is 12.4. The van der Waals surface area contributed by atoms with Crippen LogP contribution in [-0.4, -0.2) is 45.3 Å². The van der Waals surface area contributed by atoms with E-state index in [0.717, 1.165) is 6.42 Å². The van der Waals surface area contributed by atoms with E-state index in [-0.39, 0.29) is 16.7 Å². The standard InChI is InChI=1S/C13H19N3O3S/c1-15-13(17)11-2-4-12(5-3-11)20(18,19)16-7-6-10(8-14)9-16/h2-5,10H,6-9,14H2,1H3,(H,15,17)/t10-/m0/s1. The summed E-state index contributed by atoms with van der Waals surface area (Å²) in [5, 5.41) is 2.50. The van der Waals surface area contributed by atoms with Crippen LogP contribution in [0.5, 0.6) is 0 Å². The molecule has 6 nitrogen and oxygen atoms in total. The molecule has 1 heterocycles. The van der Waals surface area contributed by atoms with Crippen molar-refractivity contribution in [3.05, 3.63) is 29.8 Å². The SMILES string of the molecule is CNC(=O)c1ccc(S(=O)(=O)N2CC[C@@H](CN)C2)cc1. The zero-order valence-electron chi connectivity index (χ0n) is 11.4. The number of sulfonamides is 1. The fourth-order valence-corrected chi connectivity index (χ4v) is 3.81. The van der Waals surface area contributed by atoms with Gasteiger partial charge in [-0.3, -0.25) is 4.79 Å². The quantitative estimate of drug-likeness (QED) is 0.819. The highest BCUT2D eigenvalue weighted by Crippen LogP contribution is 2.23. The van der Waals surface area contributed by atoms with Crippen LogP contribution in [0.15, 0.2) is 29.2 Å². The lowest BCUT2D eigenvalue weighted by atomic mass is 10.1. The van der Waals surface area contributed by atoms with Gasteiger partial charge in [0.2, 0.25) is 10.0 Å². The first-order chi connectivity index (χ1) is 9.48. The average molecular weight is 297 g/mol. The van der Waals surface area contributed by atoms with Crippen molar-refractivity contribution in [1.82, 2.24) is 9.62 Å². The lowest BCUT2D eigenvalue weighted by molar-refractivity contribution is 0.0963. The molecule has 1 aromatic carbocycles. The van der Waals surface area contributed by atoms with Gasteiger partial charge in [-0.25, -0.2) is 8.42 Å². The van der Waals surface area contributed by atoms with Gasteiger partial charge in [-0.2, -0.15) is 4.31 Å². The van der Waals surface area contributed by atoms with Gasteiger partial charge in [-0.15, -0.1) is 0 Å². The number of nitrogens with zero attached hydrogens (tertiary/aromatic N) is 1. The van der Waals surface area contributed by atoms with Crippen LogP contribution in [-0.2, 0) is 10.0 Å². The monoisotopic (exact) mass is 297 g/mol. The van der Waals surface area contributed by atoms with E-state index in [1.807, 2.05) is 0 Å². The Bertz CT molecular complexity index is 583. The summed E-state index contributed by atoms with van der Waals surface area (Å²) in [6.07, 6.45) is 0.798. The third-order valence-corrected chi connectivity index (χ3v) is 5.44. The number of rotatable bonds is 4. The number of hydrogen-bond acceptors (Lipinski definition) is 4. The fourth-order valence-electron chi connectivity index (χ4n) is 2.28. The van der Waals surface area contributed by atoms with Crippen LogP contribution in [0.25, 0.3) is 0 Å². The first-order valence-electron chi connectivity index (χ1n) is 6.51. The van der Waals surface area contributed by atoms with E-state index < -0.39 is 10.0 Å². The molecule has 0 spiro atoms. The average Bonchev–Trinajstić information content (AvgIpc) is 2.96. The van der Waals surface area contributed by atoms with Crippen molar-refractivity contribution in [2.75, 3.05) is 26.7 Å². The van der Waals surface area contributed by atoms with Gasteiger partial charge in [0, 0.05) is 25.7 Å². The molecular weight excluding hydrogens is 278 g/mol. The van der Waals surface area contributed by atoms with E-state index >= 15 is 0 Å². The summed E-state index contributed by atoms with van der Waals surface area (Å²) in [5.74, 6) is -0.00627. The Balaban J connectivity index is 2.20. The number of amides is 1. The second-order valence-electron chi connectivity index (χ2n) is 4.86. The molecule has 110 valence electrons. The van der Waals surface area contributed by atoms with E-state index in [2.05, 4.69) is 5.32 Å². The Morgan fingerprint density at radius 2 is 2.05 bits per heavy atom. The minimum absolute atomic E-state index is 0.211. The minimum Gasteiger partial charge on any atom is -0.355 e. The molecule has 1 aliphatic rings. The van der Waals surface area contributed by atoms with E-state index in [1.165, 1.54) is 35.6 Å². The van der Waals surface area contributed by atoms with Crippen LogP contribution in [0.2, 0.25) is 0 Å². The van der Waals surface area contributed by atoms with E-state index in [1.54, 1.807) is 0 Å². The first-order valence-corrected chi connectivity index (χ1v) is 7.95. The summed E-state index contributed by atoms with van der Waals surface area (Å²) in [7, 11) is -1.95. The number of carbonyl (C=O) groups is 1. The molecule has 3 N–H and O–H groups in total. The van der Waals surface area contributed by atoms with Gasteiger partial charge in [-0.05, 0) is 43.1 Å². The second kappa shape index (κ2) is 5.90. The number of hydrogen-bond donors (Lipinski definition) is 2. The van der Waals surface area contributed by atoms with Gasteiger partial charge >= 0.3 is 0 Å². The first kappa shape index (κ1) is 15.0. The predicted molar refractivity (Wildman–Crippen MR) is 75.8 cm³/mol. The molecule has 0 unspecified atom stereocenters. The molecule has 1 amide bonds. The molecule has 20 heavy (non-hydrogen) atoms. The van der Waals surface area contributed by atoms with Crippen molar-refractivity contribution in [3.8, 4) is 0 Å². The van der Waals surface area contributed by atoms with Crippen LogP contribution in [0, 0.1) is 5.92 Å². The highest BCUT2D eigenvalue weighted by atomic mass is 32.2. The molecule has 0 aromatic heterocycles. The molecule has 1 fully saturated rings. The lowest BCUT2D eigenvalue weighted by Crippen LogP contribution is -2.30. The second-order valence-corrected chi connectivity index (χ2v) is 6.79. The molecule has 7 heteroatoms. The van der Waals surface area contributed by atoms with Gasteiger partial charge in [0.15, 0.2) is 0 Å². The lowest BCUT2D eigenvalue weighted by Gasteiger charge is -2.16. The molecular formula is C13H19N3O3S. The van der Waals surface area contributed by atoms with Crippen molar-refractivity contribution in [3.63, 3.8) is 0 Å². The Labute approximate surface area is 119 Å². The van der Waals surface area contributed by atoms with Crippen LogP contribution in [0.3, 0.4) is 0 Å². The van der Waals surface area contributed by atoms with Gasteiger partial charge in [0.05, 0.1) is 4.90 Å². The van der Waals surface area contributed by atoms with Crippen molar-refractivity contribution < 1.29 is 13.2 Å². The summed E-state index contributed by atoms with van der Waals surface area (Å²) in [5.41, 5.74) is 6.02. The topological polar surface area (TPSA) is 92.5 Å². The number of nitrogens with one attached hydrogen (secondary N) is 1. The van der Waals surface area contributed by atoms with E-state index in [4.69, 9.17) is 5.73 Å². The Hall–Kier alpha value is -1.44. The fraction of sp³-hybridized carbons (Fsp3) is 0.462. The highest BCUT2D eigenvalue weighted by Gasteiger charge is 2.31. The van der Waals surface area contributed by atoms with Crippen LogP contribution in [0.4, 0.5) is 0 Å². The maximum atomic E-state index is 12.4. The largest absolute Gasteiger partial charge is 0.355 e. The zero-order chi connectivity index (χ0) is 14.8. The zero-order valence-corrected chi connectivity index (χ0v) is 12.2. The highest BCUT2D eigenvalue weighted by molar-refractivity contribution is 7.89. The van der Waals surface area contributed by atoms with Crippen LogP contribution in [0.1, 0.15) is 16.8 Å². The maximum Gasteiger partial charge on any atom is 0.251 e. The van der Waals surface area contributed by atoms with Crippen molar-refractivity contribution in [2.24, 2.45) is 11.7 Å². The summed E-state index contributed by atoms with van der Waals surface area (Å²) in [6.45, 7) is 1.47. The summed E-state index contributed by atoms with van der Waals surface area (Å²) in [6, 6.07) is 5.97. The number of benzene rings is 1. The normalized spacial score (nSPS) is 20.0. The third-order valence-electron chi connectivity index (χ3n) is 3.56. The van der Waals surface area contributed by atoms with Crippen LogP contribution < -0.4 is 11.1 Å². The smallest absolute Gasteiger partial charge is 0.251 e. The number of nitrogens with two attached hydrogens (primary N) is 1. The summed E-state index contributed by atoms with van der Waals surface area (Å²) >= 11 is 0. The van der Waals surface area contributed by atoms with Crippen molar-refractivity contribution in [2.45, 2.75) is 11.3 Å². The van der Waals surface area contributed by atoms with Crippen LogP contribution >= 0.6 is 0 Å². The Morgan fingerprint density at radius 1 is 1.40 bits per heavy atom. The molecule has 1 aliphatic heterocycles. The molecule has 1 saturated heterocycles. The van der Waals surface area contributed by atoms with Gasteiger partial charge in [0.25, 0.3) is 5.91 Å². The van der Waals surface area contributed by atoms with E-state index in [0.29, 0.717) is 25.2 Å². The predicted octanol–water partition coefficient (Wildman–Crippen LogP) is 0.0155. The van der Waals surface area contributed by atoms with Crippen molar-refractivity contribution in [1.29, 1.82) is 0 Å².